The van der Waals surface area contributed by atoms with Crippen LogP contribution in [0.3, 0.4) is 0 Å². The van der Waals surface area contributed by atoms with Crippen LogP contribution in [0.2, 0.25) is 0 Å². The number of ether oxygens (including phenoxy) is 1. The highest BCUT2D eigenvalue weighted by Gasteiger charge is 2.11. The van der Waals surface area contributed by atoms with Gasteiger partial charge in [-0.1, -0.05) is 47.7 Å². The van der Waals surface area contributed by atoms with Crippen LogP contribution in [0.4, 0.5) is 0 Å². The van der Waals surface area contributed by atoms with Crippen LogP contribution in [0.15, 0.2) is 59.0 Å². The minimum absolute atomic E-state index is 0.303. The van der Waals surface area contributed by atoms with Gasteiger partial charge < -0.3 is 9.15 Å². The first kappa shape index (κ1) is 18.9. The predicted molar refractivity (Wildman–Crippen MR) is 108 cm³/mol. The van der Waals surface area contributed by atoms with Gasteiger partial charge in [0.25, 0.3) is 0 Å². The van der Waals surface area contributed by atoms with E-state index in [4.69, 9.17) is 9.15 Å². The van der Waals surface area contributed by atoms with Crippen molar-refractivity contribution in [2.45, 2.75) is 39.2 Å². The molecule has 0 amide bonds. The minimum Gasteiger partial charge on any atom is -0.484 e. The van der Waals surface area contributed by atoms with Crippen LogP contribution in [-0.2, 0) is 19.4 Å². The Morgan fingerprint density at radius 2 is 1.76 bits per heavy atom. The number of unbranched alkanes of at least 4 members (excludes halogenated alkanes) is 1. The van der Waals surface area contributed by atoms with Crippen molar-refractivity contribution < 1.29 is 9.15 Å². The average Bonchev–Trinajstić information content (AvgIpc) is 3.41. The number of oxazole rings is 1. The van der Waals surface area contributed by atoms with Gasteiger partial charge in [-0.15, -0.1) is 10.2 Å². The molecule has 2 aromatic carbocycles. The van der Waals surface area contributed by atoms with Crippen molar-refractivity contribution in [2.24, 2.45) is 0 Å². The summed E-state index contributed by atoms with van der Waals surface area (Å²) in [4.78, 5) is 4.58. The summed E-state index contributed by atoms with van der Waals surface area (Å²) in [6, 6.07) is 18.2. The Bertz CT molecular complexity index is 1010. The Kier molecular flexibility index (Phi) is 5.95. The molecule has 0 atom stereocenters. The molecule has 0 aliphatic heterocycles. The molecule has 0 aliphatic rings. The predicted octanol–water partition coefficient (Wildman–Crippen LogP) is 4.31. The van der Waals surface area contributed by atoms with Crippen molar-refractivity contribution in [1.82, 2.24) is 25.6 Å². The molecule has 2 aromatic heterocycles. The number of H-pyrrole nitrogens is 1. The summed E-state index contributed by atoms with van der Waals surface area (Å²) in [5, 5.41) is 14.0. The second-order valence-electron chi connectivity index (χ2n) is 6.85. The number of aryl methyl sites for hydroxylation is 3. The zero-order valence-corrected chi connectivity index (χ0v) is 16.3. The van der Waals surface area contributed by atoms with Crippen LogP contribution < -0.4 is 4.74 Å². The molecule has 0 spiro atoms. The number of benzene rings is 2. The molecular formula is C22H23N5O2. The van der Waals surface area contributed by atoms with Gasteiger partial charge in [-0.05, 0) is 43.9 Å². The fourth-order valence-corrected chi connectivity index (χ4v) is 3.17. The molecule has 0 aliphatic carbocycles. The number of aromatic nitrogens is 5. The smallest absolute Gasteiger partial charge is 0.233 e. The molecule has 0 unspecified atom stereocenters. The Labute approximate surface area is 169 Å². The quantitative estimate of drug-likeness (QED) is 0.429. The van der Waals surface area contributed by atoms with E-state index in [1.165, 1.54) is 5.56 Å². The van der Waals surface area contributed by atoms with Crippen LogP contribution in [0, 0.1) is 6.92 Å². The molecule has 7 nitrogen and oxygen atoms in total. The number of rotatable bonds is 9. The fraction of sp³-hybridized carbons (Fsp3) is 0.273. The summed E-state index contributed by atoms with van der Waals surface area (Å²) in [6.45, 7) is 2.23. The van der Waals surface area contributed by atoms with Crippen LogP contribution >= 0.6 is 0 Å². The first-order valence-electron chi connectivity index (χ1n) is 9.74. The van der Waals surface area contributed by atoms with E-state index in [1.54, 1.807) is 0 Å². The lowest BCUT2D eigenvalue weighted by Crippen LogP contribution is -1.96. The van der Waals surface area contributed by atoms with E-state index >= 15 is 0 Å². The average molecular weight is 389 g/mol. The molecule has 1 N–H and O–H groups in total. The molecule has 7 heteroatoms. The molecule has 0 saturated carbocycles. The molecule has 29 heavy (non-hydrogen) atoms. The lowest BCUT2D eigenvalue weighted by atomic mass is 10.1. The molecule has 0 radical (unpaired) electrons. The van der Waals surface area contributed by atoms with E-state index in [2.05, 4.69) is 37.7 Å². The van der Waals surface area contributed by atoms with Crippen molar-refractivity contribution in [1.29, 1.82) is 0 Å². The minimum atomic E-state index is 0.303. The van der Waals surface area contributed by atoms with E-state index in [0.717, 1.165) is 54.3 Å². The summed E-state index contributed by atoms with van der Waals surface area (Å²) in [5.41, 5.74) is 3.19. The number of nitrogens with one attached hydrogen (secondary N) is 1. The third kappa shape index (κ3) is 5.07. The van der Waals surface area contributed by atoms with Gasteiger partial charge in [0.2, 0.25) is 5.89 Å². The van der Waals surface area contributed by atoms with Gasteiger partial charge in [-0.2, -0.15) is 5.21 Å². The highest BCUT2D eigenvalue weighted by atomic mass is 16.5. The molecule has 2 heterocycles. The van der Waals surface area contributed by atoms with Gasteiger partial charge >= 0.3 is 0 Å². The van der Waals surface area contributed by atoms with Gasteiger partial charge in [0, 0.05) is 12.0 Å². The highest BCUT2D eigenvalue weighted by molar-refractivity contribution is 5.60. The van der Waals surface area contributed by atoms with Gasteiger partial charge in [-0.3, -0.25) is 0 Å². The van der Waals surface area contributed by atoms with E-state index in [1.807, 2.05) is 49.4 Å². The van der Waals surface area contributed by atoms with E-state index in [-0.39, 0.29) is 0 Å². The number of tetrazole rings is 1. The fourth-order valence-electron chi connectivity index (χ4n) is 3.17. The van der Waals surface area contributed by atoms with Crippen LogP contribution in [0.5, 0.6) is 5.75 Å². The first-order valence-corrected chi connectivity index (χ1v) is 9.74. The van der Waals surface area contributed by atoms with Crippen molar-refractivity contribution >= 4 is 0 Å². The molecule has 0 bridgehead atoms. The van der Waals surface area contributed by atoms with Gasteiger partial charge in [0.15, 0.2) is 12.4 Å². The maximum Gasteiger partial charge on any atom is 0.233 e. The summed E-state index contributed by atoms with van der Waals surface area (Å²) in [5.74, 6) is 2.95. The van der Waals surface area contributed by atoms with Crippen molar-refractivity contribution in [3.05, 3.63) is 77.6 Å². The second kappa shape index (κ2) is 9.14. The van der Waals surface area contributed by atoms with Crippen molar-refractivity contribution in [2.75, 3.05) is 0 Å². The summed E-state index contributed by atoms with van der Waals surface area (Å²) >= 11 is 0. The van der Waals surface area contributed by atoms with E-state index in [9.17, 15) is 0 Å². The second-order valence-corrected chi connectivity index (χ2v) is 6.85. The normalized spacial score (nSPS) is 10.9. The van der Waals surface area contributed by atoms with Gasteiger partial charge in [0.1, 0.15) is 17.2 Å². The van der Waals surface area contributed by atoms with Gasteiger partial charge in [0.05, 0.1) is 0 Å². The third-order valence-electron chi connectivity index (χ3n) is 4.68. The maximum absolute atomic E-state index is 5.84. The zero-order chi connectivity index (χ0) is 19.9. The summed E-state index contributed by atoms with van der Waals surface area (Å²) in [7, 11) is 0. The monoisotopic (exact) mass is 389 g/mol. The van der Waals surface area contributed by atoms with Crippen LogP contribution in [0.25, 0.3) is 11.3 Å². The molecular weight excluding hydrogens is 366 g/mol. The highest BCUT2D eigenvalue weighted by Crippen LogP contribution is 2.24. The van der Waals surface area contributed by atoms with E-state index < -0.39 is 0 Å². The number of hydrogen-bond acceptors (Lipinski definition) is 6. The number of nitrogens with zero attached hydrogens (tertiary/aromatic N) is 4. The SMILES string of the molecule is Cc1oc(COc2ccc(CCCCc3nn[nH]n3)cc2)nc1-c1ccccc1. The number of hydrogen-bond donors (Lipinski definition) is 1. The lowest BCUT2D eigenvalue weighted by Gasteiger charge is -2.05. The molecule has 4 rings (SSSR count). The molecule has 0 saturated heterocycles. The number of aromatic amines is 1. The summed E-state index contributed by atoms with van der Waals surface area (Å²) < 4.78 is 11.6. The lowest BCUT2D eigenvalue weighted by molar-refractivity contribution is 0.260. The Hall–Kier alpha value is -3.48. The molecule has 0 fully saturated rings. The Morgan fingerprint density at radius 1 is 0.966 bits per heavy atom. The standard InChI is InChI=1S/C22H23N5O2/c1-16-22(18-8-3-2-4-9-18)23-21(29-16)15-28-19-13-11-17(12-14-19)7-5-6-10-20-24-26-27-25-20/h2-4,8-9,11-14H,5-7,10,15H2,1H3,(H,24,25,26,27). The van der Waals surface area contributed by atoms with Crippen LogP contribution in [-0.4, -0.2) is 25.6 Å². The zero-order valence-electron chi connectivity index (χ0n) is 16.3. The van der Waals surface area contributed by atoms with Crippen molar-refractivity contribution in [3.63, 3.8) is 0 Å². The molecule has 148 valence electrons. The first-order chi connectivity index (χ1) is 14.3. The van der Waals surface area contributed by atoms with Gasteiger partial charge in [-0.25, -0.2) is 4.98 Å². The summed E-state index contributed by atoms with van der Waals surface area (Å²) in [6.07, 6.45) is 3.97. The van der Waals surface area contributed by atoms with Crippen LogP contribution in [0.1, 0.15) is 35.9 Å². The third-order valence-corrected chi connectivity index (χ3v) is 4.68. The Balaban J connectivity index is 1.26. The largest absolute Gasteiger partial charge is 0.484 e. The topological polar surface area (TPSA) is 89.7 Å². The maximum atomic E-state index is 5.84. The van der Waals surface area contributed by atoms with Crippen molar-refractivity contribution in [3.8, 4) is 17.0 Å². The Morgan fingerprint density at radius 3 is 2.52 bits per heavy atom. The van der Waals surface area contributed by atoms with E-state index in [0.29, 0.717) is 12.5 Å². The molecule has 4 aromatic rings.